The maximum atomic E-state index is 13.2. The summed E-state index contributed by atoms with van der Waals surface area (Å²) >= 11 is 0. The van der Waals surface area contributed by atoms with Crippen LogP contribution < -0.4 is 0 Å². The summed E-state index contributed by atoms with van der Waals surface area (Å²) in [4.78, 5) is 0.215. The molecule has 0 saturated carbocycles. The number of benzene rings is 1. The molecule has 0 radical (unpaired) electrons. The van der Waals surface area contributed by atoms with Crippen LogP contribution in [0.15, 0.2) is 41.6 Å². The van der Waals surface area contributed by atoms with Crippen LogP contribution in [0.2, 0.25) is 0 Å². The first kappa shape index (κ1) is 17.1. The Labute approximate surface area is 142 Å². The van der Waals surface area contributed by atoms with E-state index < -0.39 is 10.0 Å². The van der Waals surface area contributed by atoms with Gasteiger partial charge in [0.25, 0.3) is 0 Å². The van der Waals surface area contributed by atoms with E-state index in [9.17, 15) is 13.5 Å². The number of aryl methyl sites for hydroxylation is 2. The van der Waals surface area contributed by atoms with Crippen molar-refractivity contribution in [2.75, 3.05) is 13.2 Å². The minimum absolute atomic E-state index is 0.0331. The number of hydrogen-bond donors (Lipinski definition) is 1. The first-order valence-electron chi connectivity index (χ1n) is 8.31. The van der Waals surface area contributed by atoms with Crippen molar-refractivity contribution in [1.82, 2.24) is 14.1 Å². The molecule has 0 fully saturated rings. The molecule has 2 aromatic rings. The van der Waals surface area contributed by atoms with Gasteiger partial charge in [0.15, 0.2) is 0 Å². The van der Waals surface area contributed by atoms with Gasteiger partial charge >= 0.3 is 0 Å². The zero-order valence-corrected chi connectivity index (χ0v) is 14.6. The number of aliphatic hydroxyl groups excluding tert-OH is 1. The number of sulfonamides is 1. The van der Waals surface area contributed by atoms with Crippen molar-refractivity contribution in [1.29, 1.82) is 0 Å². The molecule has 1 aliphatic rings. The highest BCUT2D eigenvalue weighted by Gasteiger charge is 2.36. The highest BCUT2D eigenvalue weighted by atomic mass is 32.2. The lowest BCUT2D eigenvalue weighted by atomic mass is 10.1. The topological polar surface area (TPSA) is 75.4 Å². The fraction of sp³-hybridized carbons (Fsp3) is 0.471. The van der Waals surface area contributed by atoms with Crippen LogP contribution in [0, 0.1) is 0 Å². The lowest BCUT2D eigenvalue weighted by Gasteiger charge is -2.28. The van der Waals surface area contributed by atoms with E-state index in [0.717, 1.165) is 18.4 Å². The van der Waals surface area contributed by atoms with Gasteiger partial charge in [-0.1, -0.05) is 24.3 Å². The molecule has 0 spiro atoms. The molecule has 0 bridgehead atoms. The molecule has 6 nitrogen and oxygen atoms in total. The Balaban J connectivity index is 1.97. The summed E-state index contributed by atoms with van der Waals surface area (Å²) in [5.41, 5.74) is 2.28. The predicted molar refractivity (Wildman–Crippen MR) is 91.0 cm³/mol. The first-order chi connectivity index (χ1) is 11.6. The van der Waals surface area contributed by atoms with E-state index in [2.05, 4.69) is 11.2 Å². The van der Waals surface area contributed by atoms with Crippen LogP contribution >= 0.6 is 0 Å². The first-order valence-corrected chi connectivity index (χ1v) is 9.75. The molecule has 0 aliphatic heterocycles. The van der Waals surface area contributed by atoms with Gasteiger partial charge in [-0.2, -0.15) is 9.40 Å². The van der Waals surface area contributed by atoms with Crippen LogP contribution in [0.5, 0.6) is 0 Å². The summed E-state index contributed by atoms with van der Waals surface area (Å²) in [5.74, 6) is 0. The summed E-state index contributed by atoms with van der Waals surface area (Å²) in [5, 5.41) is 13.3. The van der Waals surface area contributed by atoms with Gasteiger partial charge in [0, 0.05) is 25.9 Å². The Kier molecular flexibility index (Phi) is 5.03. The van der Waals surface area contributed by atoms with E-state index in [1.54, 1.807) is 10.9 Å². The maximum Gasteiger partial charge on any atom is 0.246 e. The van der Waals surface area contributed by atoms with Crippen molar-refractivity contribution < 1.29 is 13.5 Å². The second-order valence-corrected chi connectivity index (χ2v) is 7.87. The van der Waals surface area contributed by atoms with Gasteiger partial charge in [0.2, 0.25) is 10.0 Å². The van der Waals surface area contributed by atoms with Crippen LogP contribution in [0.4, 0.5) is 0 Å². The van der Waals surface area contributed by atoms with Crippen LogP contribution in [-0.4, -0.2) is 40.8 Å². The molecule has 1 N–H and O–H groups in total. The Morgan fingerprint density at radius 3 is 2.88 bits per heavy atom. The largest absolute Gasteiger partial charge is 0.396 e. The van der Waals surface area contributed by atoms with Gasteiger partial charge in [-0.05, 0) is 37.3 Å². The second-order valence-electron chi connectivity index (χ2n) is 5.98. The third-order valence-electron chi connectivity index (χ3n) is 4.53. The van der Waals surface area contributed by atoms with Crippen molar-refractivity contribution in [3.63, 3.8) is 0 Å². The van der Waals surface area contributed by atoms with E-state index in [-0.39, 0.29) is 17.5 Å². The molecule has 130 valence electrons. The SMILES string of the molecule is CCn1cc(S(=O)(=O)N(CCCO)[C@@H]2CCc3ccccc32)cn1. The highest BCUT2D eigenvalue weighted by Crippen LogP contribution is 2.38. The van der Waals surface area contributed by atoms with Crippen molar-refractivity contribution in [3.8, 4) is 0 Å². The average molecular weight is 349 g/mol. The molecular formula is C17H23N3O3S. The van der Waals surface area contributed by atoms with Gasteiger partial charge in [-0.15, -0.1) is 0 Å². The summed E-state index contributed by atoms with van der Waals surface area (Å²) in [6, 6.07) is 7.82. The molecule has 1 atom stereocenters. The predicted octanol–water partition coefficient (Wildman–Crippen LogP) is 1.96. The normalized spacial score (nSPS) is 17.4. The van der Waals surface area contributed by atoms with E-state index in [1.165, 1.54) is 16.1 Å². The lowest BCUT2D eigenvalue weighted by Crippen LogP contribution is -2.35. The quantitative estimate of drug-likeness (QED) is 0.829. The Morgan fingerprint density at radius 2 is 2.17 bits per heavy atom. The minimum atomic E-state index is -3.65. The second kappa shape index (κ2) is 7.04. The van der Waals surface area contributed by atoms with Gasteiger partial charge in [0.05, 0.1) is 12.2 Å². The molecule has 1 aliphatic carbocycles. The monoisotopic (exact) mass is 349 g/mol. The fourth-order valence-electron chi connectivity index (χ4n) is 3.29. The van der Waals surface area contributed by atoms with Crippen molar-refractivity contribution in [3.05, 3.63) is 47.8 Å². The highest BCUT2D eigenvalue weighted by molar-refractivity contribution is 7.89. The number of nitrogens with zero attached hydrogens (tertiary/aromatic N) is 3. The zero-order chi connectivity index (χ0) is 17.2. The van der Waals surface area contributed by atoms with Gasteiger partial charge < -0.3 is 5.11 Å². The molecule has 24 heavy (non-hydrogen) atoms. The molecule has 1 aromatic carbocycles. The van der Waals surface area contributed by atoms with Gasteiger partial charge in [-0.3, -0.25) is 4.68 Å². The Morgan fingerprint density at radius 1 is 1.38 bits per heavy atom. The average Bonchev–Trinajstić information content (AvgIpc) is 3.22. The molecule has 0 amide bonds. The van der Waals surface area contributed by atoms with E-state index >= 15 is 0 Å². The standard InChI is InChI=1S/C17H23N3O3S/c1-2-19-13-15(12-18-19)24(22,23)20(10-5-11-21)17-9-8-14-6-3-4-7-16(14)17/h3-4,6-7,12-13,17,21H,2,5,8-11H2,1H3/t17-/m1/s1. The van der Waals surface area contributed by atoms with Crippen molar-refractivity contribution in [2.45, 2.75) is 43.7 Å². The van der Waals surface area contributed by atoms with E-state index in [1.807, 2.05) is 25.1 Å². The molecule has 7 heteroatoms. The molecule has 1 heterocycles. The molecule has 0 saturated heterocycles. The van der Waals surface area contributed by atoms with Crippen LogP contribution in [0.1, 0.15) is 36.9 Å². The van der Waals surface area contributed by atoms with Gasteiger partial charge in [-0.25, -0.2) is 8.42 Å². The number of rotatable bonds is 7. The van der Waals surface area contributed by atoms with Gasteiger partial charge in [0.1, 0.15) is 4.90 Å². The third kappa shape index (κ3) is 3.11. The fourth-order valence-corrected chi connectivity index (χ4v) is 4.92. The smallest absolute Gasteiger partial charge is 0.246 e. The summed E-state index contributed by atoms with van der Waals surface area (Å²) in [6.07, 6.45) is 5.04. The zero-order valence-electron chi connectivity index (χ0n) is 13.8. The molecular weight excluding hydrogens is 326 g/mol. The Hall–Kier alpha value is -1.70. The lowest BCUT2D eigenvalue weighted by molar-refractivity contribution is 0.249. The number of hydrogen-bond acceptors (Lipinski definition) is 4. The van der Waals surface area contributed by atoms with Crippen LogP contribution in [0.25, 0.3) is 0 Å². The molecule has 1 aromatic heterocycles. The third-order valence-corrected chi connectivity index (χ3v) is 6.39. The summed E-state index contributed by atoms with van der Waals surface area (Å²) in [7, 11) is -3.65. The van der Waals surface area contributed by atoms with E-state index in [0.29, 0.717) is 19.5 Å². The van der Waals surface area contributed by atoms with Crippen LogP contribution in [0.3, 0.4) is 0 Å². The molecule has 3 rings (SSSR count). The number of aliphatic hydroxyl groups is 1. The molecule has 0 unspecified atom stereocenters. The number of aromatic nitrogens is 2. The Bertz CT molecular complexity index is 801. The minimum Gasteiger partial charge on any atom is -0.396 e. The number of fused-ring (bicyclic) bond motifs is 1. The van der Waals surface area contributed by atoms with Crippen LogP contribution in [-0.2, 0) is 23.0 Å². The summed E-state index contributed by atoms with van der Waals surface area (Å²) in [6.45, 7) is 2.81. The van der Waals surface area contributed by atoms with Crippen molar-refractivity contribution >= 4 is 10.0 Å². The maximum absolute atomic E-state index is 13.2. The van der Waals surface area contributed by atoms with E-state index in [4.69, 9.17) is 0 Å². The van der Waals surface area contributed by atoms with Crippen molar-refractivity contribution in [2.24, 2.45) is 0 Å². The summed E-state index contributed by atoms with van der Waals surface area (Å²) < 4.78 is 29.5.